The Labute approximate surface area is 127 Å². The Hall–Kier alpha value is -1.23. The maximum atomic E-state index is 12.0. The minimum Gasteiger partial charge on any atom is -0.497 e. The number of carbonyl (C=O) groups excluding carboxylic acids is 1. The van der Waals surface area contributed by atoms with E-state index in [0.717, 1.165) is 41.8 Å². The summed E-state index contributed by atoms with van der Waals surface area (Å²) >= 11 is 3.49. The third-order valence-corrected chi connectivity index (χ3v) is 4.68. The number of halogens is 1. The van der Waals surface area contributed by atoms with Gasteiger partial charge in [0.15, 0.2) is 0 Å². The molecule has 0 unspecified atom stereocenters. The van der Waals surface area contributed by atoms with Gasteiger partial charge in [0, 0.05) is 34.7 Å². The summed E-state index contributed by atoms with van der Waals surface area (Å²) in [4.78, 5) is 14.2. The summed E-state index contributed by atoms with van der Waals surface area (Å²) in [5, 5.41) is 3.14. The van der Waals surface area contributed by atoms with Crippen LogP contribution in [-0.2, 0) is 4.79 Å². The second-order valence-corrected chi connectivity index (χ2v) is 6.90. The molecule has 0 aromatic heterocycles. The van der Waals surface area contributed by atoms with Gasteiger partial charge in [-0.3, -0.25) is 4.79 Å². The highest BCUT2D eigenvalue weighted by atomic mass is 79.9. The van der Waals surface area contributed by atoms with Crippen LogP contribution in [0, 0.1) is 5.41 Å². The molecule has 1 aliphatic heterocycles. The minimum atomic E-state index is -0.0839. The van der Waals surface area contributed by atoms with Crippen LogP contribution in [0.5, 0.6) is 5.75 Å². The van der Waals surface area contributed by atoms with Gasteiger partial charge in [0.2, 0.25) is 5.91 Å². The fraction of sp³-hybridized carbons (Fsp3) is 0.533. The van der Waals surface area contributed by atoms with E-state index in [1.165, 1.54) is 0 Å². The number of nitrogens with zero attached hydrogens (tertiary/aromatic N) is 1. The molecule has 2 aliphatic rings. The van der Waals surface area contributed by atoms with E-state index in [4.69, 9.17) is 4.74 Å². The van der Waals surface area contributed by atoms with Crippen LogP contribution in [0.1, 0.15) is 19.8 Å². The first-order valence-electron chi connectivity index (χ1n) is 6.91. The molecule has 1 aliphatic carbocycles. The zero-order chi connectivity index (χ0) is 14.3. The second kappa shape index (κ2) is 4.95. The molecule has 1 aromatic rings. The summed E-state index contributed by atoms with van der Waals surface area (Å²) in [6.07, 6.45) is 2.05. The van der Waals surface area contributed by atoms with Gasteiger partial charge in [-0.05, 0) is 25.0 Å². The number of rotatable bonds is 4. The van der Waals surface area contributed by atoms with E-state index in [2.05, 4.69) is 32.2 Å². The van der Waals surface area contributed by atoms with Crippen LogP contribution in [0.2, 0.25) is 0 Å². The van der Waals surface area contributed by atoms with Gasteiger partial charge in [-0.1, -0.05) is 22.9 Å². The van der Waals surface area contributed by atoms with Gasteiger partial charge in [0.05, 0.1) is 13.2 Å². The average Bonchev–Trinajstić information content (AvgIpc) is 3.11. The number of anilines is 1. The molecule has 1 heterocycles. The molecule has 1 saturated heterocycles. The quantitative estimate of drug-likeness (QED) is 0.917. The molecule has 0 bridgehead atoms. The van der Waals surface area contributed by atoms with E-state index in [1.807, 2.05) is 19.1 Å². The van der Waals surface area contributed by atoms with Crippen LogP contribution in [-0.4, -0.2) is 32.1 Å². The van der Waals surface area contributed by atoms with Crippen molar-refractivity contribution in [3.05, 3.63) is 22.7 Å². The van der Waals surface area contributed by atoms with Crippen LogP contribution in [0.15, 0.2) is 22.7 Å². The van der Waals surface area contributed by atoms with E-state index in [9.17, 15) is 4.79 Å². The van der Waals surface area contributed by atoms with Crippen molar-refractivity contribution in [2.45, 2.75) is 25.8 Å². The Balaban J connectivity index is 1.57. The van der Waals surface area contributed by atoms with E-state index >= 15 is 0 Å². The lowest BCUT2D eigenvalue weighted by atomic mass is 10.0. The monoisotopic (exact) mass is 338 g/mol. The molecule has 1 aromatic carbocycles. The van der Waals surface area contributed by atoms with Gasteiger partial charge in [-0.2, -0.15) is 0 Å². The van der Waals surface area contributed by atoms with E-state index in [-0.39, 0.29) is 17.4 Å². The van der Waals surface area contributed by atoms with Crippen molar-refractivity contribution in [2.24, 2.45) is 5.41 Å². The van der Waals surface area contributed by atoms with Gasteiger partial charge in [0.25, 0.3) is 0 Å². The van der Waals surface area contributed by atoms with Gasteiger partial charge in [0.1, 0.15) is 5.75 Å². The van der Waals surface area contributed by atoms with Crippen molar-refractivity contribution >= 4 is 27.5 Å². The number of hydrogen-bond donors (Lipinski definition) is 1. The topological polar surface area (TPSA) is 41.6 Å². The molecule has 5 heteroatoms. The molecule has 1 amide bonds. The zero-order valence-electron chi connectivity index (χ0n) is 11.8. The van der Waals surface area contributed by atoms with Crippen LogP contribution in [0.3, 0.4) is 0 Å². The highest BCUT2D eigenvalue weighted by Gasteiger charge is 2.46. The van der Waals surface area contributed by atoms with Crippen molar-refractivity contribution in [3.8, 4) is 5.75 Å². The largest absolute Gasteiger partial charge is 0.497 e. The van der Waals surface area contributed by atoms with Crippen molar-refractivity contribution in [2.75, 3.05) is 25.1 Å². The second-order valence-electron chi connectivity index (χ2n) is 5.99. The molecule has 3 rings (SSSR count). The first-order chi connectivity index (χ1) is 9.50. The van der Waals surface area contributed by atoms with Gasteiger partial charge in [-0.25, -0.2) is 0 Å². The van der Waals surface area contributed by atoms with E-state index in [1.54, 1.807) is 7.11 Å². The summed E-state index contributed by atoms with van der Waals surface area (Å²) in [6.45, 7) is 3.76. The number of methoxy groups -OCH3 is 1. The third-order valence-electron chi connectivity index (χ3n) is 4.22. The molecule has 2 fully saturated rings. The molecule has 0 spiro atoms. The van der Waals surface area contributed by atoms with Gasteiger partial charge < -0.3 is 15.0 Å². The molecule has 0 atom stereocenters. The molecule has 20 heavy (non-hydrogen) atoms. The fourth-order valence-electron chi connectivity index (χ4n) is 2.40. The lowest BCUT2D eigenvalue weighted by Crippen LogP contribution is -2.60. The highest BCUT2D eigenvalue weighted by molar-refractivity contribution is 9.10. The van der Waals surface area contributed by atoms with Crippen molar-refractivity contribution < 1.29 is 9.53 Å². The third kappa shape index (κ3) is 2.64. The zero-order valence-corrected chi connectivity index (χ0v) is 13.4. The number of ether oxygens (including phenoxy) is 1. The minimum absolute atomic E-state index is 0.0839. The molecule has 4 nitrogen and oxygen atoms in total. The summed E-state index contributed by atoms with van der Waals surface area (Å²) in [7, 11) is 1.67. The summed E-state index contributed by atoms with van der Waals surface area (Å²) in [5.74, 6) is 1.06. The molecule has 0 radical (unpaired) electrons. The Morgan fingerprint density at radius 1 is 1.40 bits per heavy atom. The molecular weight excluding hydrogens is 320 g/mol. The van der Waals surface area contributed by atoms with Crippen LogP contribution in [0.4, 0.5) is 5.69 Å². The Bertz CT molecular complexity index is 537. The Morgan fingerprint density at radius 3 is 2.70 bits per heavy atom. The fourth-order valence-corrected chi connectivity index (χ4v) is 2.86. The van der Waals surface area contributed by atoms with Crippen molar-refractivity contribution in [1.82, 2.24) is 5.32 Å². The smallest absolute Gasteiger partial charge is 0.226 e. The van der Waals surface area contributed by atoms with Crippen LogP contribution in [0.25, 0.3) is 0 Å². The summed E-state index contributed by atoms with van der Waals surface area (Å²) < 4.78 is 6.28. The maximum Gasteiger partial charge on any atom is 0.226 e. The van der Waals surface area contributed by atoms with E-state index < -0.39 is 0 Å². The molecular formula is C15H19BrN2O2. The van der Waals surface area contributed by atoms with Gasteiger partial charge in [-0.15, -0.1) is 0 Å². The normalized spacial score (nSPS) is 20.2. The number of amides is 1. The van der Waals surface area contributed by atoms with Crippen LogP contribution >= 0.6 is 15.9 Å². The SMILES string of the molecule is COc1cc(Br)cc(N2CC(NC(=O)C3(C)CC3)C2)c1. The molecule has 1 N–H and O–H groups in total. The number of hydrogen-bond acceptors (Lipinski definition) is 3. The lowest BCUT2D eigenvalue weighted by molar-refractivity contribution is -0.126. The Morgan fingerprint density at radius 2 is 2.10 bits per heavy atom. The Kier molecular flexibility index (Phi) is 3.40. The van der Waals surface area contributed by atoms with Crippen molar-refractivity contribution in [3.63, 3.8) is 0 Å². The number of carbonyl (C=O) groups is 1. The summed E-state index contributed by atoms with van der Waals surface area (Å²) in [5.41, 5.74) is 1.04. The van der Waals surface area contributed by atoms with E-state index in [0.29, 0.717) is 0 Å². The van der Waals surface area contributed by atoms with Crippen LogP contribution < -0.4 is 15.0 Å². The molecule has 108 valence electrons. The molecule has 1 saturated carbocycles. The predicted octanol–water partition coefficient (Wildman–Crippen LogP) is 2.56. The van der Waals surface area contributed by atoms with Gasteiger partial charge >= 0.3 is 0 Å². The standard InChI is InChI=1S/C15H19BrN2O2/c1-15(3-4-15)14(19)17-11-8-18(9-11)12-5-10(16)6-13(7-12)20-2/h5-7,11H,3-4,8-9H2,1-2H3,(H,17,19). The first-order valence-corrected chi connectivity index (χ1v) is 7.70. The lowest BCUT2D eigenvalue weighted by Gasteiger charge is -2.41. The van der Waals surface area contributed by atoms with Crippen molar-refractivity contribution in [1.29, 1.82) is 0 Å². The maximum absolute atomic E-state index is 12.0. The first kappa shape index (κ1) is 13.7. The average molecular weight is 339 g/mol. The number of benzene rings is 1. The summed E-state index contributed by atoms with van der Waals surface area (Å²) in [6, 6.07) is 6.30. The highest BCUT2D eigenvalue weighted by Crippen LogP contribution is 2.45. The predicted molar refractivity (Wildman–Crippen MR) is 82.2 cm³/mol. The number of nitrogens with one attached hydrogen (secondary N) is 1.